The van der Waals surface area contributed by atoms with Crippen LogP contribution in [0, 0.1) is 0 Å². The normalized spacial score (nSPS) is 12.6. The lowest BCUT2D eigenvalue weighted by atomic mass is 10.2. The summed E-state index contributed by atoms with van der Waals surface area (Å²) >= 11 is 3.37. The molecule has 1 N–H and O–H groups in total. The molecule has 0 atom stereocenters. The highest BCUT2D eigenvalue weighted by molar-refractivity contribution is 9.10. The number of amides is 1. The summed E-state index contributed by atoms with van der Waals surface area (Å²) in [6, 6.07) is 10.5. The third kappa shape index (κ3) is 3.01. The van der Waals surface area contributed by atoms with Gasteiger partial charge in [-0.05, 0) is 46.3 Å². The van der Waals surface area contributed by atoms with E-state index in [9.17, 15) is 4.79 Å². The monoisotopic (exact) mass is 363 g/mol. The van der Waals surface area contributed by atoms with Gasteiger partial charge < -0.3 is 19.5 Å². The van der Waals surface area contributed by atoms with E-state index in [1.165, 1.54) is 0 Å². The smallest absolute Gasteiger partial charge is 0.256 e. The second kappa shape index (κ2) is 6.27. The van der Waals surface area contributed by atoms with E-state index >= 15 is 0 Å². The molecule has 2 aromatic carbocycles. The molecule has 0 fully saturated rings. The highest BCUT2D eigenvalue weighted by atomic mass is 79.9. The number of benzene rings is 2. The number of carbonyl (C=O) groups is 1. The second-order valence-corrected chi connectivity index (χ2v) is 5.51. The SMILES string of the molecule is COc1ccc(Br)c(C(=O)Nc2ccc3c(c2)OCCO3)c1. The number of ether oxygens (including phenoxy) is 3. The molecule has 22 heavy (non-hydrogen) atoms. The molecule has 0 saturated heterocycles. The molecule has 0 bridgehead atoms. The molecule has 5 nitrogen and oxygen atoms in total. The fraction of sp³-hybridized carbons (Fsp3) is 0.188. The van der Waals surface area contributed by atoms with Crippen molar-refractivity contribution in [2.24, 2.45) is 0 Å². The summed E-state index contributed by atoms with van der Waals surface area (Å²) in [5.41, 5.74) is 1.14. The first-order valence-corrected chi connectivity index (χ1v) is 7.51. The summed E-state index contributed by atoms with van der Waals surface area (Å²) < 4.78 is 16.8. The standard InChI is InChI=1S/C16H14BrNO4/c1-20-11-3-4-13(17)12(9-11)16(19)18-10-2-5-14-15(8-10)22-7-6-21-14/h2-5,8-9H,6-7H2,1H3,(H,18,19). The lowest BCUT2D eigenvalue weighted by molar-refractivity contribution is 0.102. The van der Waals surface area contributed by atoms with E-state index in [0.29, 0.717) is 46.2 Å². The Kier molecular flexibility index (Phi) is 4.20. The Labute approximate surface area is 136 Å². The zero-order valence-electron chi connectivity index (χ0n) is 11.9. The summed E-state index contributed by atoms with van der Waals surface area (Å²) in [5, 5.41) is 2.84. The van der Waals surface area contributed by atoms with Crippen molar-refractivity contribution in [1.29, 1.82) is 0 Å². The van der Waals surface area contributed by atoms with Gasteiger partial charge in [-0.1, -0.05) is 0 Å². The minimum absolute atomic E-state index is 0.234. The van der Waals surface area contributed by atoms with Gasteiger partial charge in [0, 0.05) is 16.2 Å². The van der Waals surface area contributed by atoms with Crippen LogP contribution in [0.2, 0.25) is 0 Å². The van der Waals surface area contributed by atoms with Crippen LogP contribution in [0.4, 0.5) is 5.69 Å². The third-order valence-corrected chi connectivity index (χ3v) is 3.91. The first-order valence-electron chi connectivity index (χ1n) is 6.72. The van der Waals surface area contributed by atoms with Gasteiger partial charge in [0.15, 0.2) is 11.5 Å². The van der Waals surface area contributed by atoms with Gasteiger partial charge >= 0.3 is 0 Å². The maximum atomic E-state index is 12.4. The van der Waals surface area contributed by atoms with Crippen molar-refractivity contribution >= 4 is 27.5 Å². The first-order chi connectivity index (χ1) is 10.7. The Bertz CT molecular complexity index is 717. The predicted octanol–water partition coefficient (Wildman–Crippen LogP) is 3.48. The maximum Gasteiger partial charge on any atom is 0.256 e. The largest absolute Gasteiger partial charge is 0.497 e. The van der Waals surface area contributed by atoms with Crippen LogP contribution < -0.4 is 19.5 Å². The molecule has 0 aromatic heterocycles. The average Bonchev–Trinajstić information content (AvgIpc) is 2.55. The van der Waals surface area contributed by atoms with E-state index in [0.717, 1.165) is 0 Å². The quantitative estimate of drug-likeness (QED) is 0.906. The predicted molar refractivity (Wildman–Crippen MR) is 86.1 cm³/mol. The Morgan fingerprint density at radius 3 is 2.68 bits per heavy atom. The number of halogens is 1. The summed E-state index contributed by atoms with van der Waals surface area (Å²) in [7, 11) is 1.56. The van der Waals surface area contributed by atoms with E-state index in [-0.39, 0.29) is 5.91 Å². The van der Waals surface area contributed by atoms with Crippen molar-refractivity contribution < 1.29 is 19.0 Å². The summed E-state index contributed by atoms with van der Waals surface area (Å²) in [4.78, 5) is 12.4. The van der Waals surface area contributed by atoms with Crippen LogP contribution in [-0.2, 0) is 0 Å². The lowest BCUT2D eigenvalue weighted by Crippen LogP contribution is -2.16. The van der Waals surface area contributed by atoms with Crippen molar-refractivity contribution in [3.63, 3.8) is 0 Å². The Morgan fingerprint density at radius 2 is 1.91 bits per heavy atom. The van der Waals surface area contributed by atoms with E-state index < -0.39 is 0 Å². The third-order valence-electron chi connectivity index (χ3n) is 3.22. The van der Waals surface area contributed by atoms with Crippen molar-refractivity contribution in [2.45, 2.75) is 0 Å². The Morgan fingerprint density at radius 1 is 1.14 bits per heavy atom. The van der Waals surface area contributed by atoms with Gasteiger partial charge in [-0.3, -0.25) is 4.79 Å². The summed E-state index contributed by atoms with van der Waals surface area (Å²) in [6.45, 7) is 1.04. The van der Waals surface area contributed by atoms with Gasteiger partial charge in [0.05, 0.1) is 12.7 Å². The average molecular weight is 364 g/mol. The molecule has 1 aliphatic rings. The molecular formula is C16H14BrNO4. The van der Waals surface area contributed by atoms with Crippen LogP contribution in [0.3, 0.4) is 0 Å². The van der Waals surface area contributed by atoms with Crippen LogP contribution in [0.25, 0.3) is 0 Å². The number of hydrogen-bond donors (Lipinski definition) is 1. The van der Waals surface area contributed by atoms with Gasteiger partial charge in [-0.2, -0.15) is 0 Å². The molecule has 0 aliphatic carbocycles. The molecule has 0 spiro atoms. The molecule has 0 saturated carbocycles. The number of carbonyl (C=O) groups excluding carboxylic acids is 1. The Balaban J connectivity index is 1.82. The fourth-order valence-corrected chi connectivity index (χ4v) is 2.55. The number of rotatable bonds is 3. The van der Waals surface area contributed by atoms with E-state index in [2.05, 4.69) is 21.2 Å². The molecule has 1 amide bonds. The lowest BCUT2D eigenvalue weighted by Gasteiger charge is -2.19. The van der Waals surface area contributed by atoms with Crippen molar-refractivity contribution in [3.8, 4) is 17.2 Å². The number of fused-ring (bicyclic) bond motifs is 1. The van der Waals surface area contributed by atoms with Gasteiger partial charge in [0.1, 0.15) is 19.0 Å². The van der Waals surface area contributed by atoms with Crippen molar-refractivity contribution in [1.82, 2.24) is 0 Å². The molecule has 1 heterocycles. The van der Waals surface area contributed by atoms with Crippen LogP contribution in [-0.4, -0.2) is 26.2 Å². The first kappa shape index (κ1) is 14.7. The maximum absolute atomic E-state index is 12.4. The number of methoxy groups -OCH3 is 1. The minimum atomic E-state index is -0.234. The van der Waals surface area contributed by atoms with E-state index in [1.807, 2.05) is 0 Å². The second-order valence-electron chi connectivity index (χ2n) is 4.66. The van der Waals surface area contributed by atoms with Crippen molar-refractivity contribution in [3.05, 3.63) is 46.4 Å². The molecular weight excluding hydrogens is 350 g/mol. The van der Waals surface area contributed by atoms with Crippen LogP contribution >= 0.6 is 15.9 Å². The molecule has 114 valence electrons. The highest BCUT2D eigenvalue weighted by Gasteiger charge is 2.15. The van der Waals surface area contributed by atoms with Gasteiger partial charge in [0.25, 0.3) is 5.91 Å². The summed E-state index contributed by atoms with van der Waals surface area (Å²) in [6.07, 6.45) is 0. The van der Waals surface area contributed by atoms with Crippen LogP contribution in [0.15, 0.2) is 40.9 Å². The fourth-order valence-electron chi connectivity index (χ4n) is 2.12. The topological polar surface area (TPSA) is 56.8 Å². The van der Waals surface area contributed by atoms with Gasteiger partial charge in [-0.15, -0.1) is 0 Å². The molecule has 2 aromatic rings. The molecule has 0 radical (unpaired) electrons. The molecule has 6 heteroatoms. The molecule has 0 unspecified atom stereocenters. The van der Waals surface area contributed by atoms with Crippen LogP contribution in [0.1, 0.15) is 10.4 Å². The minimum Gasteiger partial charge on any atom is -0.497 e. The van der Waals surface area contributed by atoms with Crippen molar-refractivity contribution in [2.75, 3.05) is 25.6 Å². The van der Waals surface area contributed by atoms with Gasteiger partial charge in [-0.25, -0.2) is 0 Å². The summed E-state index contributed by atoms with van der Waals surface area (Å²) in [5.74, 6) is 1.71. The van der Waals surface area contributed by atoms with E-state index in [4.69, 9.17) is 14.2 Å². The molecule has 1 aliphatic heterocycles. The number of hydrogen-bond acceptors (Lipinski definition) is 4. The highest BCUT2D eigenvalue weighted by Crippen LogP contribution is 2.33. The number of nitrogens with one attached hydrogen (secondary N) is 1. The Hall–Kier alpha value is -2.21. The molecule has 3 rings (SSSR count). The zero-order valence-corrected chi connectivity index (χ0v) is 13.5. The van der Waals surface area contributed by atoms with Gasteiger partial charge in [0.2, 0.25) is 0 Å². The zero-order chi connectivity index (χ0) is 15.5. The van der Waals surface area contributed by atoms with Crippen LogP contribution in [0.5, 0.6) is 17.2 Å². The van der Waals surface area contributed by atoms with E-state index in [1.54, 1.807) is 43.5 Å². The number of anilines is 1.